The van der Waals surface area contributed by atoms with Crippen molar-refractivity contribution in [3.8, 4) is 5.75 Å². The molecule has 0 N–H and O–H groups in total. The zero-order valence-electron chi connectivity index (χ0n) is 12.2. The third-order valence-corrected chi connectivity index (χ3v) is 4.31. The maximum absolute atomic E-state index is 11.9. The maximum Gasteiger partial charge on any atom is 0.325 e. The van der Waals surface area contributed by atoms with Gasteiger partial charge in [0.25, 0.3) is 0 Å². The number of esters is 1. The molecule has 1 aromatic rings. The molecule has 21 heavy (non-hydrogen) atoms. The van der Waals surface area contributed by atoms with E-state index in [4.69, 9.17) is 9.47 Å². The van der Waals surface area contributed by atoms with E-state index in [1.54, 1.807) is 11.8 Å². The molecule has 1 unspecified atom stereocenters. The van der Waals surface area contributed by atoms with Crippen molar-refractivity contribution in [3.63, 3.8) is 0 Å². The van der Waals surface area contributed by atoms with Gasteiger partial charge in [0.2, 0.25) is 5.91 Å². The predicted octanol–water partition coefficient (Wildman–Crippen LogP) is 2.22. The zero-order chi connectivity index (χ0) is 15.2. The van der Waals surface area contributed by atoms with E-state index in [-0.39, 0.29) is 23.8 Å². The molecule has 1 aliphatic heterocycles. The second-order valence-corrected chi connectivity index (χ2v) is 5.56. The van der Waals surface area contributed by atoms with E-state index in [1.165, 1.54) is 11.8 Å². The van der Waals surface area contributed by atoms with Gasteiger partial charge in [-0.2, -0.15) is 0 Å². The van der Waals surface area contributed by atoms with Crippen LogP contribution in [0.15, 0.2) is 24.3 Å². The minimum absolute atomic E-state index is 0.00243. The van der Waals surface area contributed by atoms with Crippen LogP contribution in [0.5, 0.6) is 5.75 Å². The van der Waals surface area contributed by atoms with Gasteiger partial charge in [-0.3, -0.25) is 9.59 Å². The summed E-state index contributed by atoms with van der Waals surface area (Å²) in [5, 5.41) is -0.141. The Kier molecular flexibility index (Phi) is 5.50. The second kappa shape index (κ2) is 7.36. The summed E-state index contributed by atoms with van der Waals surface area (Å²) >= 11 is 1.52. The Hall–Kier alpha value is -1.69. The van der Waals surface area contributed by atoms with Crippen LogP contribution in [-0.4, -0.2) is 42.3 Å². The van der Waals surface area contributed by atoms with Crippen molar-refractivity contribution in [2.24, 2.45) is 0 Å². The molecule has 1 amide bonds. The highest BCUT2D eigenvalue weighted by Crippen LogP contribution is 2.38. The van der Waals surface area contributed by atoms with E-state index in [0.29, 0.717) is 19.0 Å². The van der Waals surface area contributed by atoms with Crippen LogP contribution < -0.4 is 4.74 Å². The molecule has 1 aromatic carbocycles. The fraction of sp³-hybridized carbons (Fsp3) is 0.467. The average molecular weight is 309 g/mol. The lowest BCUT2D eigenvalue weighted by Gasteiger charge is -2.23. The molecule has 5 nitrogen and oxygen atoms in total. The number of thioether (sulfide) groups is 1. The highest BCUT2D eigenvalue weighted by Gasteiger charge is 2.34. The van der Waals surface area contributed by atoms with Crippen LogP contribution in [0, 0.1) is 0 Å². The van der Waals surface area contributed by atoms with Crippen molar-refractivity contribution >= 4 is 23.6 Å². The van der Waals surface area contributed by atoms with Gasteiger partial charge in [0.05, 0.1) is 19.0 Å². The Morgan fingerprint density at radius 3 is 2.62 bits per heavy atom. The normalized spacial score (nSPS) is 17.9. The fourth-order valence-corrected chi connectivity index (χ4v) is 3.33. The van der Waals surface area contributed by atoms with E-state index in [1.807, 2.05) is 31.2 Å². The Labute approximate surface area is 128 Å². The van der Waals surface area contributed by atoms with E-state index in [0.717, 1.165) is 11.3 Å². The van der Waals surface area contributed by atoms with Crippen LogP contribution in [0.3, 0.4) is 0 Å². The number of nitrogens with zero attached hydrogens (tertiary/aromatic N) is 1. The first-order valence-corrected chi connectivity index (χ1v) is 8.00. The second-order valence-electron chi connectivity index (χ2n) is 4.49. The average Bonchev–Trinajstić information content (AvgIpc) is 2.82. The summed E-state index contributed by atoms with van der Waals surface area (Å²) in [5.41, 5.74) is 0.985. The molecular formula is C15H19NO4S. The van der Waals surface area contributed by atoms with Gasteiger partial charge in [-0.25, -0.2) is 0 Å². The lowest BCUT2D eigenvalue weighted by molar-refractivity contribution is -0.148. The standard InChI is InChI=1S/C15H19NO4S/c1-3-19-12-7-5-11(6-8-12)15-16(13(17)10-21-15)9-14(18)20-4-2/h5-8,15H,3-4,9-10H2,1-2H3. The number of carbonyl (C=O) groups excluding carboxylic acids is 2. The van der Waals surface area contributed by atoms with Gasteiger partial charge in [-0.1, -0.05) is 12.1 Å². The smallest absolute Gasteiger partial charge is 0.325 e. The van der Waals surface area contributed by atoms with Gasteiger partial charge in [0.1, 0.15) is 17.7 Å². The molecule has 0 bridgehead atoms. The highest BCUT2D eigenvalue weighted by atomic mass is 32.2. The van der Waals surface area contributed by atoms with Crippen molar-refractivity contribution in [3.05, 3.63) is 29.8 Å². The number of hydrogen-bond acceptors (Lipinski definition) is 5. The maximum atomic E-state index is 11.9. The lowest BCUT2D eigenvalue weighted by atomic mass is 10.2. The summed E-state index contributed by atoms with van der Waals surface area (Å²) in [6.07, 6.45) is 0. The van der Waals surface area contributed by atoms with Crippen molar-refractivity contribution in [1.82, 2.24) is 4.90 Å². The van der Waals surface area contributed by atoms with E-state index in [2.05, 4.69) is 0 Å². The minimum atomic E-state index is -0.371. The lowest BCUT2D eigenvalue weighted by Crippen LogP contribution is -2.34. The quantitative estimate of drug-likeness (QED) is 0.754. The van der Waals surface area contributed by atoms with Gasteiger partial charge in [-0.05, 0) is 31.5 Å². The summed E-state index contributed by atoms with van der Waals surface area (Å²) in [4.78, 5) is 25.1. The van der Waals surface area contributed by atoms with Crippen LogP contribution in [0.1, 0.15) is 24.8 Å². The number of carbonyl (C=O) groups is 2. The topological polar surface area (TPSA) is 55.8 Å². The molecule has 1 saturated heterocycles. The summed E-state index contributed by atoms with van der Waals surface area (Å²) in [6, 6.07) is 7.62. The molecule has 0 aliphatic carbocycles. The first kappa shape index (κ1) is 15.7. The van der Waals surface area contributed by atoms with Crippen molar-refractivity contribution in [1.29, 1.82) is 0 Å². The van der Waals surface area contributed by atoms with Crippen molar-refractivity contribution in [2.45, 2.75) is 19.2 Å². The van der Waals surface area contributed by atoms with Crippen LogP contribution in [0.25, 0.3) is 0 Å². The molecule has 0 saturated carbocycles. The zero-order valence-corrected chi connectivity index (χ0v) is 13.0. The molecule has 114 valence electrons. The Morgan fingerprint density at radius 2 is 2.00 bits per heavy atom. The molecule has 0 aromatic heterocycles. The van der Waals surface area contributed by atoms with Crippen LogP contribution in [0.2, 0.25) is 0 Å². The van der Waals surface area contributed by atoms with Gasteiger partial charge >= 0.3 is 5.97 Å². The van der Waals surface area contributed by atoms with Crippen LogP contribution >= 0.6 is 11.8 Å². The molecule has 1 heterocycles. The van der Waals surface area contributed by atoms with E-state index in [9.17, 15) is 9.59 Å². The number of benzene rings is 1. The first-order chi connectivity index (χ1) is 10.2. The SMILES string of the molecule is CCOC(=O)CN1C(=O)CSC1c1ccc(OCC)cc1. The molecule has 1 aliphatic rings. The Morgan fingerprint density at radius 1 is 1.29 bits per heavy atom. The van der Waals surface area contributed by atoms with Gasteiger partial charge in [0.15, 0.2) is 0 Å². The summed E-state index contributed by atoms with van der Waals surface area (Å²) in [7, 11) is 0. The van der Waals surface area contributed by atoms with E-state index < -0.39 is 0 Å². The molecule has 1 atom stereocenters. The number of hydrogen-bond donors (Lipinski definition) is 0. The molecule has 6 heteroatoms. The number of ether oxygens (including phenoxy) is 2. The summed E-state index contributed by atoms with van der Waals surface area (Å²) in [6.45, 7) is 4.62. The molecule has 0 spiro atoms. The van der Waals surface area contributed by atoms with Crippen molar-refractivity contribution in [2.75, 3.05) is 25.5 Å². The third-order valence-electron chi connectivity index (χ3n) is 3.05. The summed E-state index contributed by atoms with van der Waals surface area (Å²) < 4.78 is 10.3. The van der Waals surface area contributed by atoms with Gasteiger partial charge in [-0.15, -0.1) is 11.8 Å². The first-order valence-electron chi connectivity index (χ1n) is 6.95. The molecular weight excluding hydrogens is 290 g/mol. The van der Waals surface area contributed by atoms with Gasteiger partial charge < -0.3 is 14.4 Å². The number of amides is 1. The van der Waals surface area contributed by atoms with Crippen molar-refractivity contribution < 1.29 is 19.1 Å². The Balaban J connectivity index is 2.09. The monoisotopic (exact) mass is 309 g/mol. The van der Waals surface area contributed by atoms with Gasteiger partial charge in [0, 0.05) is 0 Å². The van der Waals surface area contributed by atoms with E-state index >= 15 is 0 Å². The Bertz CT molecular complexity index is 503. The number of rotatable bonds is 6. The molecule has 2 rings (SSSR count). The third kappa shape index (κ3) is 3.91. The van der Waals surface area contributed by atoms with Crippen LogP contribution in [0.4, 0.5) is 0 Å². The summed E-state index contributed by atoms with van der Waals surface area (Å²) in [5.74, 6) is 0.779. The molecule has 1 fully saturated rings. The minimum Gasteiger partial charge on any atom is -0.494 e. The fourth-order valence-electron chi connectivity index (χ4n) is 2.14. The molecule has 0 radical (unpaired) electrons. The highest BCUT2D eigenvalue weighted by molar-refractivity contribution is 8.00. The van der Waals surface area contributed by atoms with Crippen LogP contribution in [-0.2, 0) is 14.3 Å². The predicted molar refractivity (Wildman–Crippen MR) is 81.2 cm³/mol. The largest absolute Gasteiger partial charge is 0.494 e.